The fourth-order valence-corrected chi connectivity index (χ4v) is 1.75. The summed E-state index contributed by atoms with van der Waals surface area (Å²) in [6.45, 7) is 4.82. The molecule has 1 N–H and O–H groups in total. The molecule has 5 heteroatoms. The van der Waals surface area contributed by atoms with Gasteiger partial charge in [-0.15, -0.1) is 0 Å². The number of benzene rings is 1. The van der Waals surface area contributed by atoms with Crippen LogP contribution in [0, 0.1) is 0 Å². The van der Waals surface area contributed by atoms with Gasteiger partial charge in [0, 0.05) is 17.8 Å². The van der Waals surface area contributed by atoms with Crippen LogP contribution in [0.3, 0.4) is 0 Å². The van der Waals surface area contributed by atoms with Gasteiger partial charge < -0.3 is 10.1 Å². The Morgan fingerprint density at radius 3 is 2.94 bits per heavy atom. The third-order valence-electron chi connectivity index (χ3n) is 2.66. The molecule has 0 aliphatic rings. The number of nitrogens with one attached hydrogen (secondary N) is 1. The van der Waals surface area contributed by atoms with Crippen molar-refractivity contribution in [2.75, 3.05) is 12.4 Å². The van der Waals surface area contributed by atoms with Crippen LogP contribution >= 0.6 is 0 Å². The maximum atomic E-state index is 5.18. The Kier molecular flexibility index (Phi) is 3.82. The number of aromatic nitrogens is 3. The Balaban J connectivity index is 2.04. The van der Waals surface area contributed by atoms with Gasteiger partial charge in [-0.2, -0.15) is 5.10 Å². The van der Waals surface area contributed by atoms with Gasteiger partial charge in [0.05, 0.1) is 13.7 Å². The van der Waals surface area contributed by atoms with E-state index in [9.17, 15) is 0 Å². The van der Waals surface area contributed by atoms with Gasteiger partial charge in [0.15, 0.2) is 0 Å². The number of hydrogen-bond donors (Lipinski definition) is 1. The van der Waals surface area contributed by atoms with Crippen molar-refractivity contribution >= 4 is 5.69 Å². The van der Waals surface area contributed by atoms with Crippen molar-refractivity contribution in [3.8, 4) is 5.75 Å². The van der Waals surface area contributed by atoms with Crippen LogP contribution in [-0.2, 0) is 6.54 Å². The van der Waals surface area contributed by atoms with E-state index in [-0.39, 0.29) is 0 Å². The maximum Gasteiger partial charge on any atom is 0.146 e. The van der Waals surface area contributed by atoms with Crippen molar-refractivity contribution in [3.05, 3.63) is 36.4 Å². The van der Waals surface area contributed by atoms with E-state index in [1.165, 1.54) is 0 Å². The molecule has 0 spiro atoms. The van der Waals surface area contributed by atoms with E-state index in [1.807, 2.05) is 28.9 Å². The van der Waals surface area contributed by atoms with E-state index in [2.05, 4.69) is 29.2 Å². The predicted molar refractivity (Wildman–Crippen MR) is 70.7 cm³/mol. The highest BCUT2D eigenvalue weighted by molar-refractivity contribution is 5.48. The van der Waals surface area contributed by atoms with E-state index in [1.54, 1.807) is 13.4 Å². The zero-order valence-electron chi connectivity index (χ0n) is 10.9. The van der Waals surface area contributed by atoms with Crippen LogP contribution in [0.4, 0.5) is 5.69 Å². The minimum Gasteiger partial charge on any atom is -0.497 e. The van der Waals surface area contributed by atoms with Crippen molar-refractivity contribution in [2.45, 2.75) is 26.4 Å². The first-order valence-electron chi connectivity index (χ1n) is 5.97. The Bertz CT molecular complexity index is 507. The summed E-state index contributed by atoms with van der Waals surface area (Å²) in [4.78, 5) is 4.25. The molecule has 0 unspecified atom stereocenters. The summed E-state index contributed by atoms with van der Waals surface area (Å²) in [5.74, 6) is 1.76. The third-order valence-corrected chi connectivity index (χ3v) is 2.66. The Morgan fingerprint density at radius 2 is 2.22 bits per heavy atom. The molecule has 1 aromatic heterocycles. The van der Waals surface area contributed by atoms with Crippen molar-refractivity contribution < 1.29 is 4.74 Å². The van der Waals surface area contributed by atoms with Gasteiger partial charge >= 0.3 is 0 Å². The van der Waals surface area contributed by atoms with Gasteiger partial charge in [-0.1, -0.05) is 6.07 Å². The van der Waals surface area contributed by atoms with E-state index in [0.717, 1.165) is 17.3 Å². The van der Waals surface area contributed by atoms with Gasteiger partial charge in [-0.25, -0.2) is 9.67 Å². The minimum atomic E-state index is 0.314. The van der Waals surface area contributed by atoms with Gasteiger partial charge in [-0.3, -0.25) is 0 Å². The molecular weight excluding hydrogens is 228 g/mol. The summed E-state index contributed by atoms with van der Waals surface area (Å²) in [5.41, 5.74) is 1.01. The average molecular weight is 246 g/mol. The largest absolute Gasteiger partial charge is 0.497 e. The van der Waals surface area contributed by atoms with Crippen molar-refractivity contribution in [1.82, 2.24) is 14.8 Å². The molecule has 0 atom stereocenters. The molecule has 96 valence electrons. The number of hydrogen-bond acceptors (Lipinski definition) is 4. The number of nitrogens with zero attached hydrogens (tertiary/aromatic N) is 3. The minimum absolute atomic E-state index is 0.314. The molecule has 0 saturated carbocycles. The smallest absolute Gasteiger partial charge is 0.146 e. The second-order valence-electron chi connectivity index (χ2n) is 4.30. The molecule has 0 amide bonds. The van der Waals surface area contributed by atoms with Crippen LogP contribution in [0.1, 0.15) is 25.7 Å². The lowest BCUT2D eigenvalue weighted by Crippen LogP contribution is -2.12. The third kappa shape index (κ3) is 2.80. The Hall–Kier alpha value is -2.04. The summed E-state index contributed by atoms with van der Waals surface area (Å²) in [6.07, 6.45) is 1.59. The fraction of sp³-hybridized carbons (Fsp3) is 0.385. The molecule has 2 aromatic rings. The highest BCUT2D eigenvalue weighted by Gasteiger charge is 2.07. The predicted octanol–water partition coefficient (Wildman–Crippen LogP) is 2.48. The molecule has 5 nitrogen and oxygen atoms in total. The van der Waals surface area contributed by atoms with E-state index >= 15 is 0 Å². The summed E-state index contributed by atoms with van der Waals surface area (Å²) >= 11 is 0. The quantitative estimate of drug-likeness (QED) is 0.880. The zero-order valence-corrected chi connectivity index (χ0v) is 10.9. The van der Waals surface area contributed by atoms with E-state index in [0.29, 0.717) is 12.6 Å². The molecule has 0 aliphatic heterocycles. The lowest BCUT2D eigenvalue weighted by molar-refractivity contribution is 0.415. The number of ether oxygens (including phenoxy) is 1. The van der Waals surface area contributed by atoms with Crippen LogP contribution in [0.15, 0.2) is 30.6 Å². The second kappa shape index (κ2) is 5.53. The van der Waals surface area contributed by atoms with Crippen molar-refractivity contribution in [1.29, 1.82) is 0 Å². The van der Waals surface area contributed by atoms with Gasteiger partial charge in [0.1, 0.15) is 17.9 Å². The highest BCUT2D eigenvalue weighted by Crippen LogP contribution is 2.17. The van der Waals surface area contributed by atoms with E-state index in [4.69, 9.17) is 4.74 Å². The number of anilines is 1. The summed E-state index contributed by atoms with van der Waals surface area (Å²) in [5, 5.41) is 7.52. The Morgan fingerprint density at radius 1 is 1.39 bits per heavy atom. The SMILES string of the molecule is COc1cccc(NCc2ncnn2C(C)C)c1. The molecule has 1 aromatic carbocycles. The molecule has 0 radical (unpaired) electrons. The van der Waals surface area contributed by atoms with E-state index < -0.39 is 0 Å². The summed E-state index contributed by atoms with van der Waals surface area (Å²) in [6, 6.07) is 8.14. The topological polar surface area (TPSA) is 52.0 Å². The molecule has 0 bridgehead atoms. The summed E-state index contributed by atoms with van der Waals surface area (Å²) in [7, 11) is 1.66. The lowest BCUT2D eigenvalue weighted by Gasteiger charge is -2.11. The fourth-order valence-electron chi connectivity index (χ4n) is 1.75. The van der Waals surface area contributed by atoms with Crippen LogP contribution < -0.4 is 10.1 Å². The molecule has 0 fully saturated rings. The highest BCUT2D eigenvalue weighted by atomic mass is 16.5. The molecule has 0 saturated heterocycles. The van der Waals surface area contributed by atoms with Crippen LogP contribution in [0.2, 0.25) is 0 Å². The lowest BCUT2D eigenvalue weighted by atomic mass is 10.3. The maximum absolute atomic E-state index is 5.18. The first-order chi connectivity index (χ1) is 8.70. The molecule has 1 heterocycles. The van der Waals surface area contributed by atoms with Crippen LogP contribution in [0.5, 0.6) is 5.75 Å². The van der Waals surface area contributed by atoms with Crippen molar-refractivity contribution in [3.63, 3.8) is 0 Å². The van der Waals surface area contributed by atoms with Gasteiger partial charge in [-0.05, 0) is 26.0 Å². The van der Waals surface area contributed by atoms with Gasteiger partial charge in [0.2, 0.25) is 0 Å². The molecule has 0 aliphatic carbocycles. The normalized spacial score (nSPS) is 10.7. The Labute approximate surface area is 107 Å². The first kappa shape index (κ1) is 12.4. The van der Waals surface area contributed by atoms with Crippen LogP contribution in [0.25, 0.3) is 0 Å². The monoisotopic (exact) mass is 246 g/mol. The average Bonchev–Trinajstić information content (AvgIpc) is 2.85. The molecule has 18 heavy (non-hydrogen) atoms. The first-order valence-corrected chi connectivity index (χ1v) is 5.97. The van der Waals surface area contributed by atoms with Crippen LogP contribution in [-0.4, -0.2) is 21.9 Å². The van der Waals surface area contributed by atoms with Crippen molar-refractivity contribution in [2.24, 2.45) is 0 Å². The molecular formula is C13H18N4O. The zero-order chi connectivity index (χ0) is 13.0. The number of methoxy groups -OCH3 is 1. The number of rotatable bonds is 5. The standard InChI is InChI=1S/C13H18N4O/c1-10(2)17-13(15-9-16-17)8-14-11-5-4-6-12(7-11)18-3/h4-7,9-10,14H,8H2,1-3H3. The second-order valence-corrected chi connectivity index (χ2v) is 4.30. The summed E-state index contributed by atoms with van der Waals surface area (Å²) < 4.78 is 7.09. The molecule has 2 rings (SSSR count). The van der Waals surface area contributed by atoms with Gasteiger partial charge in [0.25, 0.3) is 0 Å².